The Morgan fingerprint density at radius 3 is 2.80 bits per heavy atom. The van der Waals surface area contributed by atoms with Crippen molar-refractivity contribution in [2.75, 3.05) is 5.32 Å². The summed E-state index contributed by atoms with van der Waals surface area (Å²) in [6.07, 6.45) is 0. The lowest BCUT2D eigenvalue weighted by atomic mass is 10.2. The van der Waals surface area contributed by atoms with Crippen LogP contribution in [0.5, 0.6) is 0 Å². The summed E-state index contributed by atoms with van der Waals surface area (Å²) in [5, 5.41) is 21.5. The molecule has 0 unspecified atom stereocenters. The van der Waals surface area contributed by atoms with Crippen LogP contribution in [0, 0.1) is 17.0 Å². The molecule has 126 valence electrons. The molecule has 0 saturated heterocycles. The third-order valence-electron chi connectivity index (χ3n) is 3.61. The Balaban J connectivity index is 1.82. The van der Waals surface area contributed by atoms with Crippen LogP contribution in [0.25, 0.3) is 10.9 Å². The summed E-state index contributed by atoms with van der Waals surface area (Å²) in [5.74, 6) is -0.537. The zero-order chi connectivity index (χ0) is 18.0. The largest absolute Gasteiger partial charge is 0.324 e. The number of anilines is 1. The number of aryl methyl sites for hydroxylation is 1. The second-order valence-corrected chi connectivity index (χ2v) is 5.38. The van der Waals surface area contributed by atoms with Crippen molar-refractivity contribution in [1.82, 2.24) is 15.0 Å². The molecule has 2 aromatic carbocycles. The molecule has 0 bridgehead atoms. The Morgan fingerprint density at radius 1 is 1.28 bits per heavy atom. The first kappa shape index (κ1) is 16.2. The van der Waals surface area contributed by atoms with Crippen molar-refractivity contribution >= 4 is 28.2 Å². The van der Waals surface area contributed by atoms with Crippen molar-refractivity contribution in [3.63, 3.8) is 0 Å². The van der Waals surface area contributed by atoms with Crippen LogP contribution in [0.4, 0.5) is 11.4 Å². The maximum Gasteiger partial charge on any atom is 0.278 e. The van der Waals surface area contributed by atoms with Crippen LogP contribution in [0.1, 0.15) is 5.56 Å². The number of carbonyl (C=O) groups excluding carboxylic acids is 1. The molecule has 1 N–H and O–H groups in total. The van der Waals surface area contributed by atoms with Gasteiger partial charge >= 0.3 is 0 Å². The maximum absolute atomic E-state index is 12.3. The molecule has 9 heteroatoms. The monoisotopic (exact) mass is 339 g/mol. The smallest absolute Gasteiger partial charge is 0.278 e. The van der Waals surface area contributed by atoms with E-state index in [1.54, 1.807) is 37.3 Å². The van der Waals surface area contributed by atoms with Crippen molar-refractivity contribution in [3.05, 3.63) is 68.5 Å². The number of amides is 1. The molecule has 25 heavy (non-hydrogen) atoms. The molecular weight excluding hydrogens is 326 g/mol. The van der Waals surface area contributed by atoms with Crippen LogP contribution in [-0.2, 0) is 11.3 Å². The van der Waals surface area contributed by atoms with Gasteiger partial charge in [0.25, 0.3) is 11.2 Å². The SMILES string of the molecule is Cc1ccc(NC(=O)Cn2nnc3ccccc3c2=O)cc1[N+](=O)[O-]. The highest BCUT2D eigenvalue weighted by Crippen LogP contribution is 2.22. The van der Waals surface area contributed by atoms with E-state index < -0.39 is 16.4 Å². The Labute approximate surface area is 141 Å². The number of nitrogens with one attached hydrogen (secondary N) is 1. The summed E-state index contributed by atoms with van der Waals surface area (Å²) in [7, 11) is 0. The van der Waals surface area contributed by atoms with Crippen molar-refractivity contribution in [2.24, 2.45) is 0 Å². The molecule has 0 aliphatic rings. The summed E-state index contributed by atoms with van der Waals surface area (Å²) < 4.78 is 0.945. The zero-order valence-corrected chi connectivity index (χ0v) is 13.2. The molecule has 3 aromatic rings. The average molecular weight is 339 g/mol. The molecule has 9 nitrogen and oxygen atoms in total. The van der Waals surface area contributed by atoms with Gasteiger partial charge in [0, 0.05) is 17.3 Å². The fourth-order valence-electron chi connectivity index (χ4n) is 2.35. The molecule has 0 spiro atoms. The first-order valence-electron chi connectivity index (χ1n) is 7.33. The van der Waals surface area contributed by atoms with E-state index in [-0.39, 0.29) is 17.9 Å². The fraction of sp³-hybridized carbons (Fsp3) is 0.125. The van der Waals surface area contributed by atoms with Gasteiger partial charge in [0.15, 0.2) is 0 Å². The number of rotatable bonds is 4. The van der Waals surface area contributed by atoms with Gasteiger partial charge in [-0.25, -0.2) is 4.68 Å². The van der Waals surface area contributed by atoms with Gasteiger partial charge in [-0.2, -0.15) is 0 Å². The zero-order valence-electron chi connectivity index (χ0n) is 13.2. The van der Waals surface area contributed by atoms with Gasteiger partial charge in [-0.15, -0.1) is 5.10 Å². The van der Waals surface area contributed by atoms with Gasteiger partial charge in [0.2, 0.25) is 5.91 Å². The van der Waals surface area contributed by atoms with Crippen LogP contribution in [0.15, 0.2) is 47.3 Å². The van der Waals surface area contributed by atoms with E-state index >= 15 is 0 Å². The molecule has 0 radical (unpaired) electrons. The minimum atomic E-state index is -0.537. The lowest BCUT2D eigenvalue weighted by Crippen LogP contribution is -2.30. The topological polar surface area (TPSA) is 120 Å². The lowest BCUT2D eigenvalue weighted by molar-refractivity contribution is -0.385. The Morgan fingerprint density at radius 2 is 2.04 bits per heavy atom. The first-order valence-corrected chi connectivity index (χ1v) is 7.33. The highest BCUT2D eigenvalue weighted by molar-refractivity contribution is 5.91. The first-order chi connectivity index (χ1) is 12.0. The molecular formula is C16H13N5O4. The van der Waals surface area contributed by atoms with E-state index in [1.165, 1.54) is 12.1 Å². The van der Waals surface area contributed by atoms with Crippen molar-refractivity contribution < 1.29 is 9.72 Å². The van der Waals surface area contributed by atoms with Gasteiger partial charge in [-0.3, -0.25) is 19.7 Å². The fourth-order valence-corrected chi connectivity index (χ4v) is 2.35. The summed E-state index contributed by atoms with van der Waals surface area (Å²) in [5.41, 5.74) is 0.665. The summed E-state index contributed by atoms with van der Waals surface area (Å²) in [6, 6.07) is 11.0. The Kier molecular flexibility index (Phi) is 4.21. The van der Waals surface area contributed by atoms with Gasteiger partial charge < -0.3 is 5.32 Å². The van der Waals surface area contributed by atoms with Crippen LogP contribution >= 0.6 is 0 Å². The van der Waals surface area contributed by atoms with E-state index in [0.717, 1.165) is 4.68 Å². The molecule has 0 aliphatic carbocycles. The van der Waals surface area contributed by atoms with Gasteiger partial charge in [-0.1, -0.05) is 23.4 Å². The van der Waals surface area contributed by atoms with Crippen LogP contribution in [0.3, 0.4) is 0 Å². The Hall–Kier alpha value is -3.62. The van der Waals surface area contributed by atoms with Gasteiger partial charge in [0.1, 0.15) is 12.1 Å². The molecule has 0 aliphatic heterocycles. The van der Waals surface area contributed by atoms with E-state index in [0.29, 0.717) is 16.5 Å². The summed E-state index contributed by atoms with van der Waals surface area (Å²) >= 11 is 0. The number of benzene rings is 2. The summed E-state index contributed by atoms with van der Waals surface area (Å²) in [4.78, 5) is 34.8. The van der Waals surface area contributed by atoms with E-state index in [1.807, 2.05) is 0 Å². The van der Waals surface area contributed by atoms with Crippen molar-refractivity contribution in [3.8, 4) is 0 Å². The molecule has 0 atom stereocenters. The number of nitro benzene ring substituents is 1. The number of carbonyl (C=O) groups is 1. The third kappa shape index (κ3) is 3.34. The Bertz CT molecular complexity index is 1040. The predicted octanol–water partition coefficient (Wildman–Crippen LogP) is 1.65. The standard InChI is InChI=1S/C16H13N5O4/c1-10-6-7-11(8-14(10)21(24)25)17-15(22)9-20-16(23)12-4-2-3-5-13(12)18-19-20/h2-8H,9H2,1H3,(H,17,22). The second kappa shape index (κ2) is 6.48. The molecule has 1 amide bonds. The van der Waals surface area contributed by atoms with Crippen LogP contribution in [0.2, 0.25) is 0 Å². The lowest BCUT2D eigenvalue weighted by Gasteiger charge is -2.07. The van der Waals surface area contributed by atoms with Crippen molar-refractivity contribution in [2.45, 2.75) is 13.5 Å². The maximum atomic E-state index is 12.3. The molecule has 0 saturated carbocycles. The third-order valence-corrected chi connectivity index (χ3v) is 3.61. The normalized spacial score (nSPS) is 10.6. The van der Waals surface area contributed by atoms with Gasteiger partial charge in [-0.05, 0) is 25.1 Å². The number of nitrogens with zero attached hydrogens (tertiary/aromatic N) is 4. The quantitative estimate of drug-likeness (QED) is 0.570. The van der Waals surface area contributed by atoms with Gasteiger partial charge in [0.05, 0.1) is 10.3 Å². The minimum Gasteiger partial charge on any atom is -0.324 e. The van der Waals surface area contributed by atoms with E-state index in [4.69, 9.17) is 0 Å². The van der Waals surface area contributed by atoms with E-state index in [2.05, 4.69) is 15.6 Å². The molecule has 0 fully saturated rings. The van der Waals surface area contributed by atoms with Crippen molar-refractivity contribution in [1.29, 1.82) is 0 Å². The number of hydrogen-bond acceptors (Lipinski definition) is 6. The minimum absolute atomic E-state index is 0.0968. The number of nitro groups is 1. The number of fused-ring (bicyclic) bond motifs is 1. The molecule has 1 aromatic heterocycles. The molecule has 1 heterocycles. The summed E-state index contributed by atoms with van der Waals surface area (Å²) in [6.45, 7) is 1.26. The highest BCUT2D eigenvalue weighted by atomic mass is 16.6. The number of hydrogen-bond donors (Lipinski definition) is 1. The van der Waals surface area contributed by atoms with Crippen LogP contribution < -0.4 is 10.9 Å². The second-order valence-electron chi connectivity index (χ2n) is 5.38. The highest BCUT2D eigenvalue weighted by Gasteiger charge is 2.14. The number of aromatic nitrogens is 3. The van der Waals surface area contributed by atoms with Crippen LogP contribution in [-0.4, -0.2) is 25.8 Å². The predicted molar refractivity (Wildman–Crippen MR) is 90.3 cm³/mol. The average Bonchev–Trinajstić information content (AvgIpc) is 2.59. The molecule has 3 rings (SSSR count). The van der Waals surface area contributed by atoms with E-state index in [9.17, 15) is 19.7 Å².